The number of hydrogen-bond acceptors (Lipinski definition) is 6. The number of rotatable bonds is 4. The first-order valence-corrected chi connectivity index (χ1v) is 6.25. The first-order valence-electron chi connectivity index (χ1n) is 4.48. The van der Waals surface area contributed by atoms with Crippen molar-refractivity contribution in [3.63, 3.8) is 0 Å². The van der Waals surface area contributed by atoms with Gasteiger partial charge in [-0.2, -0.15) is 0 Å². The van der Waals surface area contributed by atoms with Gasteiger partial charge in [0, 0.05) is 31.8 Å². The van der Waals surface area contributed by atoms with Gasteiger partial charge in [0.15, 0.2) is 0 Å². The van der Waals surface area contributed by atoms with Crippen LogP contribution in [0, 0.1) is 6.92 Å². The third-order valence-electron chi connectivity index (χ3n) is 2.11. The number of aldehydes is 1. The van der Waals surface area contributed by atoms with E-state index >= 15 is 0 Å². The van der Waals surface area contributed by atoms with E-state index in [1.54, 1.807) is 0 Å². The molecule has 0 aliphatic heterocycles. The minimum absolute atomic E-state index is 0.0963. The van der Waals surface area contributed by atoms with Crippen LogP contribution in [0.4, 0.5) is 0 Å². The van der Waals surface area contributed by atoms with Gasteiger partial charge in [-0.05, 0) is 12.5 Å². The summed E-state index contributed by atoms with van der Waals surface area (Å²) in [5, 5.41) is 11.4. The lowest BCUT2D eigenvalue weighted by molar-refractivity contribution is -0.331. The Morgan fingerprint density at radius 2 is 2.19 bits per heavy atom. The minimum atomic E-state index is -4.38. The van der Waals surface area contributed by atoms with E-state index in [1.807, 2.05) is 0 Å². The third kappa shape index (κ3) is 3.21. The highest BCUT2D eigenvalue weighted by molar-refractivity contribution is 7.55. The Balaban J connectivity index is 2.97. The molecule has 0 saturated heterocycles. The normalized spacial score (nSPS) is 11.5. The van der Waals surface area contributed by atoms with Gasteiger partial charge in [-0.1, -0.05) is 5.75 Å². The Morgan fingerprint density at radius 1 is 1.56 bits per heavy atom. The van der Waals surface area contributed by atoms with Crippen molar-refractivity contribution in [3.05, 3.63) is 23.0 Å². The summed E-state index contributed by atoms with van der Waals surface area (Å²) < 4.78 is 0. The Hall–Kier alpha value is -1.07. The minimum Gasteiger partial charge on any atom is -0.871 e. The van der Waals surface area contributed by atoms with Crippen LogP contribution in [0.2, 0.25) is 0 Å². The van der Waals surface area contributed by atoms with E-state index in [0.717, 1.165) is 0 Å². The molecule has 16 heavy (non-hydrogen) atoms. The molecular formula is C9H10NO5P-2. The lowest BCUT2D eigenvalue weighted by atomic mass is 10.1. The van der Waals surface area contributed by atoms with Crippen LogP contribution in [0.3, 0.4) is 0 Å². The van der Waals surface area contributed by atoms with Crippen LogP contribution >= 0.6 is 7.94 Å². The van der Waals surface area contributed by atoms with Gasteiger partial charge in [-0.15, -0.1) is 0 Å². The SMILES string of the molecule is Cc1ncc(CC[P+]([O-])([O-])O)c(C=O)c1[O-]. The molecule has 1 rings (SSSR count). The summed E-state index contributed by atoms with van der Waals surface area (Å²) in [6.45, 7) is 1.46. The second-order valence-corrected chi connectivity index (χ2v) is 5.06. The summed E-state index contributed by atoms with van der Waals surface area (Å²) in [5.41, 5.74) is 0.317. The molecule has 0 spiro atoms. The zero-order valence-electron chi connectivity index (χ0n) is 8.54. The van der Waals surface area contributed by atoms with Crippen molar-refractivity contribution in [2.45, 2.75) is 13.3 Å². The molecular weight excluding hydrogens is 233 g/mol. The van der Waals surface area contributed by atoms with E-state index < -0.39 is 19.9 Å². The summed E-state index contributed by atoms with van der Waals surface area (Å²) in [6.07, 6.45) is 1.03. The highest BCUT2D eigenvalue weighted by Gasteiger charge is 2.11. The van der Waals surface area contributed by atoms with E-state index in [1.165, 1.54) is 13.1 Å². The van der Waals surface area contributed by atoms with Crippen molar-refractivity contribution in [3.8, 4) is 5.75 Å². The van der Waals surface area contributed by atoms with Crippen LogP contribution in [0.15, 0.2) is 6.20 Å². The fourth-order valence-corrected chi connectivity index (χ4v) is 1.76. The zero-order valence-corrected chi connectivity index (χ0v) is 9.44. The molecule has 1 aromatic heterocycles. The van der Waals surface area contributed by atoms with Crippen LogP contribution in [0.25, 0.3) is 0 Å². The fraction of sp³-hybridized carbons (Fsp3) is 0.333. The van der Waals surface area contributed by atoms with Crippen LogP contribution in [-0.2, 0) is 6.42 Å². The maximum atomic E-state index is 11.4. The molecule has 7 heteroatoms. The molecule has 1 heterocycles. The largest absolute Gasteiger partial charge is 0.871 e. The molecule has 0 bridgehead atoms. The highest BCUT2D eigenvalue weighted by Crippen LogP contribution is 2.34. The molecule has 0 radical (unpaired) electrons. The van der Waals surface area contributed by atoms with E-state index in [9.17, 15) is 19.7 Å². The van der Waals surface area contributed by atoms with E-state index in [2.05, 4.69) is 4.98 Å². The monoisotopic (exact) mass is 243 g/mol. The van der Waals surface area contributed by atoms with Gasteiger partial charge in [-0.3, -0.25) is 14.7 Å². The average Bonchev–Trinajstić information content (AvgIpc) is 2.18. The maximum absolute atomic E-state index is 11.4. The Labute approximate surface area is 92.8 Å². The van der Waals surface area contributed by atoms with E-state index in [-0.39, 0.29) is 23.2 Å². The molecule has 0 fully saturated rings. The summed E-state index contributed by atoms with van der Waals surface area (Å²) >= 11 is 0. The standard InChI is InChI=1S/C9H12NO5P/c1-6-9(12)8(5-11)7(4-10-6)2-3-16(13,14)15/h4-5,12H,2-3H2,1H3,(H2,13,14,15)/p-2. The van der Waals surface area contributed by atoms with Gasteiger partial charge in [0.25, 0.3) is 0 Å². The first kappa shape index (κ1) is 13.0. The lowest BCUT2D eigenvalue weighted by Gasteiger charge is -2.28. The molecule has 0 aliphatic carbocycles. The zero-order chi connectivity index (χ0) is 12.3. The molecule has 1 aromatic rings. The second-order valence-electron chi connectivity index (χ2n) is 3.34. The molecule has 0 atom stereocenters. The molecule has 0 amide bonds. The number of aromatic nitrogens is 1. The molecule has 6 nitrogen and oxygen atoms in total. The van der Waals surface area contributed by atoms with E-state index in [0.29, 0.717) is 6.29 Å². The predicted molar refractivity (Wildman–Crippen MR) is 51.5 cm³/mol. The van der Waals surface area contributed by atoms with Gasteiger partial charge in [0.2, 0.25) is 0 Å². The number of aryl methyl sites for hydroxylation is 2. The maximum Gasteiger partial charge on any atom is 0.149 e. The number of carbonyl (C=O) groups excluding carboxylic acids is 1. The second kappa shape index (κ2) is 4.84. The first-order chi connectivity index (χ1) is 7.35. The Morgan fingerprint density at radius 3 is 2.69 bits per heavy atom. The van der Waals surface area contributed by atoms with Crippen molar-refractivity contribution in [2.75, 3.05) is 6.16 Å². The molecule has 0 unspecified atom stereocenters. The molecule has 1 N–H and O–H groups in total. The number of pyridine rings is 1. The number of hydrogen-bond donors (Lipinski definition) is 1. The van der Waals surface area contributed by atoms with Crippen LogP contribution < -0.4 is 14.9 Å². The molecule has 0 aliphatic rings. The van der Waals surface area contributed by atoms with E-state index in [4.69, 9.17) is 4.89 Å². The predicted octanol–water partition coefficient (Wildman–Crippen LogP) is -1.71. The number of carbonyl (C=O) groups is 1. The summed E-state index contributed by atoms with van der Waals surface area (Å²) in [7, 11) is -4.38. The van der Waals surface area contributed by atoms with Crippen LogP contribution in [0.1, 0.15) is 21.6 Å². The van der Waals surface area contributed by atoms with Gasteiger partial charge >= 0.3 is 0 Å². The highest BCUT2D eigenvalue weighted by atomic mass is 31.2. The Kier molecular flexibility index (Phi) is 3.93. The fourth-order valence-electron chi connectivity index (χ4n) is 1.23. The summed E-state index contributed by atoms with van der Waals surface area (Å²) in [4.78, 5) is 44.1. The molecule has 0 saturated carbocycles. The quantitative estimate of drug-likeness (QED) is 0.497. The van der Waals surface area contributed by atoms with Crippen LogP contribution in [-0.4, -0.2) is 22.3 Å². The van der Waals surface area contributed by atoms with Crippen molar-refractivity contribution >= 4 is 14.2 Å². The van der Waals surface area contributed by atoms with Gasteiger partial charge in [0.1, 0.15) is 6.29 Å². The molecule has 88 valence electrons. The third-order valence-corrected chi connectivity index (χ3v) is 2.90. The van der Waals surface area contributed by atoms with Crippen LogP contribution in [0.5, 0.6) is 5.75 Å². The smallest absolute Gasteiger partial charge is 0.149 e. The van der Waals surface area contributed by atoms with Gasteiger partial charge in [-0.25, -0.2) is 0 Å². The van der Waals surface area contributed by atoms with Gasteiger partial charge in [0.05, 0.1) is 6.16 Å². The summed E-state index contributed by atoms with van der Waals surface area (Å²) in [6, 6.07) is 0. The topological polar surface area (TPSA) is 119 Å². The van der Waals surface area contributed by atoms with Gasteiger partial charge < -0.3 is 14.9 Å². The summed E-state index contributed by atoms with van der Waals surface area (Å²) in [5.74, 6) is -0.508. The molecule has 0 aromatic carbocycles. The van der Waals surface area contributed by atoms with Crippen molar-refractivity contribution in [1.29, 1.82) is 0 Å². The number of nitrogens with zero attached hydrogens (tertiary/aromatic N) is 1. The Bertz CT molecular complexity index is 402. The average molecular weight is 243 g/mol. The van der Waals surface area contributed by atoms with Crippen molar-refractivity contribution in [1.82, 2.24) is 4.98 Å². The van der Waals surface area contributed by atoms with Crippen molar-refractivity contribution in [2.24, 2.45) is 0 Å². The van der Waals surface area contributed by atoms with Crippen molar-refractivity contribution < 1.29 is 24.6 Å². The lowest BCUT2D eigenvalue weighted by Crippen LogP contribution is -2.25.